The van der Waals surface area contributed by atoms with Crippen molar-refractivity contribution >= 4 is 21.4 Å². The second kappa shape index (κ2) is 7.43. The second-order valence-corrected chi connectivity index (χ2v) is 7.94. The largest absolute Gasteiger partial charge is 0.497 e. The summed E-state index contributed by atoms with van der Waals surface area (Å²) in [6, 6.07) is 11.9. The summed E-state index contributed by atoms with van der Waals surface area (Å²) in [6.07, 6.45) is 0. The Morgan fingerprint density at radius 2 is 1.58 bits per heavy atom. The lowest BCUT2D eigenvalue weighted by Gasteiger charge is -2.36. The van der Waals surface area contributed by atoms with Crippen LogP contribution < -0.4 is 20.1 Å². The molecule has 0 radical (unpaired) electrons. The van der Waals surface area contributed by atoms with Crippen LogP contribution in [0.4, 0.5) is 11.4 Å². The second-order valence-electron chi connectivity index (χ2n) is 6.00. The number of piperazine rings is 1. The van der Waals surface area contributed by atoms with Crippen molar-refractivity contribution < 1.29 is 17.9 Å². The molecule has 3 rings (SSSR count). The Bertz CT molecular complexity index is 861. The molecule has 140 valence electrons. The smallest absolute Gasteiger partial charge is 0.243 e. The summed E-state index contributed by atoms with van der Waals surface area (Å²) >= 11 is 0. The number of nitrogens with zero attached hydrogens (tertiary/aromatic N) is 2. The minimum atomic E-state index is -3.52. The molecule has 0 atom stereocenters. The topological polar surface area (TPSA) is 85.1 Å². The number of hydrogen-bond acceptors (Lipinski definition) is 6. The number of nitrogen functional groups attached to an aromatic ring is 1. The molecule has 26 heavy (non-hydrogen) atoms. The zero-order valence-corrected chi connectivity index (χ0v) is 15.7. The van der Waals surface area contributed by atoms with Crippen LogP contribution in [-0.2, 0) is 10.0 Å². The number of anilines is 2. The molecule has 1 aliphatic heterocycles. The van der Waals surface area contributed by atoms with Gasteiger partial charge in [-0.15, -0.1) is 0 Å². The predicted octanol–water partition coefficient (Wildman–Crippen LogP) is 1.80. The number of benzene rings is 2. The summed E-state index contributed by atoms with van der Waals surface area (Å²) in [5.74, 6) is 1.47. The van der Waals surface area contributed by atoms with E-state index in [-0.39, 0.29) is 4.90 Å². The van der Waals surface area contributed by atoms with E-state index in [9.17, 15) is 8.42 Å². The van der Waals surface area contributed by atoms with Gasteiger partial charge in [0, 0.05) is 37.9 Å². The molecule has 1 fully saturated rings. The third kappa shape index (κ3) is 3.56. The van der Waals surface area contributed by atoms with Crippen molar-refractivity contribution in [1.29, 1.82) is 0 Å². The van der Waals surface area contributed by atoms with Crippen LogP contribution in [0.5, 0.6) is 11.5 Å². The summed E-state index contributed by atoms with van der Waals surface area (Å²) < 4.78 is 37.8. The molecular formula is C18H23N3O4S. The third-order valence-electron chi connectivity index (χ3n) is 4.48. The van der Waals surface area contributed by atoms with Gasteiger partial charge in [-0.25, -0.2) is 8.42 Å². The van der Waals surface area contributed by atoms with Crippen molar-refractivity contribution in [2.45, 2.75) is 4.90 Å². The van der Waals surface area contributed by atoms with Crippen molar-refractivity contribution in [3.63, 3.8) is 0 Å². The summed E-state index contributed by atoms with van der Waals surface area (Å²) in [6.45, 7) is 1.93. The van der Waals surface area contributed by atoms with E-state index in [0.717, 1.165) is 17.2 Å². The van der Waals surface area contributed by atoms with Gasteiger partial charge in [0.1, 0.15) is 11.5 Å². The van der Waals surface area contributed by atoms with Gasteiger partial charge in [-0.1, -0.05) is 0 Å². The van der Waals surface area contributed by atoms with Gasteiger partial charge in [0.2, 0.25) is 10.0 Å². The van der Waals surface area contributed by atoms with E-state index in [1.54, 1.807) is 38.5 Å². The molecule has 0 spiro atoms. The van der Waals surface area contributed by atoms with E-state index in [2.05, 4.69) is 4.90 Å². The van der Waals surface area contributed by atoms with Crippen LogP contribution in [0.1, 0.15) is 0 Å². The minimum absolute atomic E-state index is 0.263. The Morgan fingerprint density at radius 3 is 2.15 bits per heavy atom. The Hall–Kier alpha value is -2.45. The number of methoxy groups -OCH3 is 2. The molecular weight excluding hydrogens is 354 g/mol. The first-order chi connectivity index (χ1) is 12.5. The van der Waals surface area contributed by atoms with Gasteiger partial charge in [0.25, 0.3) is 0 Å². The first-order valence-electron chi connectivity index (χ1n) is 8.28. The maximum absolute atomic E-state index is 12.8. The molecule has 0 bridgehead atoms. The number of rotatable bonds is 5. The summed E-state index contributed by atoms with van der Waals surface area (Å²) in [4.78, 5) is 2.37. The molecule has 0 amide bonds. The molecule has 7 nitrogen and oxygen atoms in total. The van der Waals surface area contributed by atoms with E-state index in [0.29, 0.717) is 31.9 Å². The van der Waals surface area contributed by atoms with Crippen molar-refractivity contribution in [3.05, 3.63) is 42.5 Å². The zero-order valence-electron chi connectivity index (χ0n) is 14.9. The molecule has 2 aromatic rings. The Labute approximate surface area is 154 Å². The van der Waals surface area contributed by atoms with Crippen LogP contribution in [0.2, 0.25) is 0 Å². The van der Waals surface area contributed by atoms with Crippen LogP contribution in [0.15, 0.2) is 47.4 Å². The average molecular weight is 377 g/mol. The molecule has 0 aliphatic carbocycles. The minimum Gasteiger partial charge on any atom is -0.497 e. The summed E-state index contributed by atoms with van der Waals surface area (Å²) in [5.41, 5.74) is 7.08. The Morgan fingerprint density at radius 1 is 0.923 bits per heavy atom. The quantitative estimate of drug-likeness (QED) is 0.800. The number of nitrogens with two attached hydrogens (primary N) is 1. The van der Waals surface area contributed by atoms with Crippen LogP contribution in [0, 0.1) is 0 Å². The molecule has 0 unspecified atom stereocenters. The highest BCUT2D eigenvalue weighted by Gasteiger charge is 2.29. The van der Waals surface area contributed by atoms with E-state index in [1.807, 2.05) is 18.2 Å². The van der Waals surface area contributed by atoms with Crippen molar-refractivity contribution in [2.75, 3.05) is 51.0 Å². The van der Waals surface area contributed by atoms with Crippen LogP contribution >= 0.6 is 0 Å². The Balaban J connectivity index is 1.76. The first-order valence-corrected chi connectivity index (χ1v) is 9.72. The Kier molecular flexibility index (Phi) is 5.24. The SMILES string of the molecule is COc1ccc(OC)c(N2CCN(S(=O)(=O)c3ccc(N)cc3)CC2)c1. The standard InChI is InChI=1S/C18H23N3O4S/c1-24-15-5-8-18(25-2)17(13-15)20-9-11-21(12-10-20)26(22,23)16-6-3-14(19)4-7-16/h3-8,13H,9-12,19H2,1-2H3. The van der Waals surface area contributed by atoms with Crippen molar-refractivity contribution in [3.8, 4) is 11.5 Å². The molecule has 2 N–H and O–H groups in total. The predicted molar refractivity (Wildman–Crippen MR) is 101 cm³/mol. The molecule has 1 saturated heterocycles. The van der Waals surface area contributed by atoms with Gasteiger partial charge in [0.15, 0.2) is 0 Å². The van der Waals surface area contributed by atoms with E-state index in [1.165, 1.54) is 4.31 Å². The van der Waals surface area contributed by atoms with Gasteiger partial charge >= 0.3 is 0 Å². The fourth-order valence-electron chi connectivity index (χ4n) is 3.00. The maximum Gasteiger partial charge on any atom is 0.243 e. The van der Waals surface area contributed by atoms with Crippen molar-refractivity contribution in [1.82, 2.24) is 4.31 Å². The highest BCUT2D eigenvalue weighted by atomic mass is 32.2. The number of sulfonamides is 1. The van der Waals surface area contributed by atoms with Gasteiger partial charge in [-0.3, -0.25) is 0 Å². The van der Waals surface area contributed by atoms with Crippen LogP contribution in [0.25, 0.3) is 0 Å². The molecule has 1 heterocycles. The average Bonchev–Trinajstić information content (AvgIpc) is 2.68. The molecule has 8 heteroatoms. The fourth-order valence-corrected chi connectivity index (χ4v) is 4.42. The third-order valence-corrected chi connectivity index (χ3v) is 6.40. The fraction of sp³-hybridized carbons (Fsp3) is 0.333. The normalized spacial score (nSPS) is 15.7. The lowest BCUT2D eigenvalue weighted by Crippen LogP contribution is -2.48. The van der Waals surface area contributed by atoms with Gasteiger partial charge in [0.05, 0.1) is 24.8 Å². The lowest BCUT2D eigenvalue weighted by molar-refractivity contribution is 0.376. The number of ether oxygens (including phenoxy) is 2. The molecule has 0 saturated carbocycles. The summed E-state index contributed by atoms with van der Waals surface area (Å²) in [5, 5.41) is 0. The maximum atomic E-state index is 12.8. The van der Waals surface area contributed by atoms with Crippen LogP contribution in [-0.4, -0.2) is 53.1 Å². The van der Waals surface area contributed by atoms with Crippen molar-refractivity contribution in [2.24, 2.45) is 0 Å². The van der Waals surface area contributed by atoms with Gasteiger partial charge in [-0.05, 0) is 36.4 Å². The van der Waals surface area contributed by atoms with E-state index >= 15 is 0 Å². The van der Waals surface area contributed by atoms with Crippen LogP contribution in [0.3, 0.4) is 0 Å². The molecule has 1 aliphatic rings. The molecule has 2 aromatic carbocycles. The molecule has 0 aromatic heterocycles. The lowest BCUT2D eigenvalue weighted by atomic mass is 10.2. The highest BCUT2D eigenvalue weighted by molar-refractivity contribution is 7.89. The first kappa shape index (κ1) is 18.3. The van der Waals surface area contributed by atoms with Gasteiger partial charge < -0.3 is 20.1 Å². The van der Waals surface area contributed by atoms with Gasteiger partial charge in [-0.2, -0.15) is 4.31 Å². The summed E-state index contributed by atoms with van der Waals surface area (Å²) in [7, 11) is -0.286. The monoisotopic (exact) mass is 377 g/mol. The number of hydrogen-bond donors (Lipinski definition) is 1. The van der Waals surface area contributed by atoms with E-state index < -0.39 is 10.0 Å². The highest BCUT2D eigenvalue weighted by Crippen LogP contribution is 2.33. The zero-order chi connectivity index (χ0) is 18.7. The van der Waals surface area contributed by atoms with E-state index in [4.69, 9.17) is 15.2 Å².